The number of nitrogens with zero attached hydrogens (tertiary/aromatic N) is 2. The van der Waals surface area contributed by atoms with E-state index < -0.39 is 4.92 Å². The summed E-state index contributed by atoms with van der Waals surface area (Å²) in [7, 11) is 1.46. The van der Waals surface area contributed by atoms with Crippen LogP contribution < -0.4 is 20.2 Å². The number of methoxy groups -OCH3 is 1. The summed E-state index contributed by atoms with van der Waals surface area (Å²) < 4.78 is 10.9. The van der Waals surface area contributed by atoms with Crippen LogP contribution in [-0.4, -0.2) is 30.8 Å². The highest BCUT2D eigenvalue weighted by Crippen LogP contribution is 2.36. The zero-order valence-corrected chi connectivity index (χ0v) is 17.7. The first kappa shape index (κ1) is 22.6. The van der Waals surface area contributed by atoms with Crippen molar-refractivity contribution < 1.29 is 19.2 Å². The molecule has 0 aromatic heterocycles. The van der Waals surface area contributed by atoms with Crippen LogP contribution in [0.15, 0.2) is 71.8 Å². The molecule has 0 spiro atoms. The first-order valence-electron chi connectivity index (χ1n) is 9.35. The Labute approximate surface area is 188 Å². The van der Waals surface area contributed by atoms with Crippen LogP contribution >= 0.6 is 11.6 Å². The summed E-state index contributed by atoms with van der Waals surface area (Å²) in [5, 5.41) is 17.7. The lowest BCUT2D eigenvalue weighted by molar-refractivity contribution is -0.384. The van der Waals surface area contributed by atoms with Gasteiger partial charge in [-0.1, -0.05) is 29.8 Å². The van der Waals surface area contributed by atoms with Crippen molar-refractivity contribution in [3.05, 3.63) is 87.4 Å². The van der Waals surface area contributed by atoms with Gasteiger partial charge in [0.25, 0.3) is 11.6 Å². The van der Waals surface area contributed by atoms with Crippen LogP contribution in [0.4, 0.5) is 17.1 Å². The van der Waals surface area contributed by atoms with Crippen LogP contribution in [-0.2, 0) is 4.79 Å². The number of nitrogens with one attached hydrogen (secondary N) is 2. The molecule has 3 aromatic rings. The van der Waals surface area contributed by atoms with E-state index in [1.54, 1.807) is 36.4 Å². The van der Waals surface area contributed by atoms with E-state index in [1.807, 2.05) is 18.2 Å². The maximum atomic E-state index is 12.1. The summed E-state index contributed by atoms with van der Waals surface area (Å²) in [6.07, 6.45) is 1.50. The molecule has 10 heteroatoms. The number of hydrogen-bond acceptors (Lipinski definition) is 7. The summed E-state index contributed by atoms with van der Waals surface area (Å²) in [5.74, 6) is 0.229. The number of hydrazone groups is 1. The monoisotopic (exact) mass is 454 g/mol. The molecule has 9 nitrogen and oxygen atoms in total. The number of carbonyl (C=O) groups is 1. The predicted molar refractivity (Wildman–Crippen MR) is 123 cm³/mol. The van der Waals surface area contributed by atoms with Gasteiger partial charge in [0.15, 0.2) is 18.1 Å². The van der Waals surface area contributed by atoms with Gasteiger partial charge in [0, 0.05) is 17.8 Å². The van der Waals surface area contributed by atoms with E-state index in [1.165, 1.54) is 25.5 Å². The van der Waals surface area contributed by atoms with E-state index >= 15 is 0 Å². The van der Waals surface area contributed by atoms with E-state index in [2.05, 4.69) is 15.8 Å². The standard InChI is InChI=1S/C22H19ClN4O5/c1-31-20-12-15(13-24-26-17-7-9-18(10-8-17)27(29)30)11-19(23)22(20)32-14-21(28)25-16-5-3-2-4-6-16/h2-13,26H,14H2,1H3,(H,25,28)/b24-13+. The second-order valence-electron chi connectivity index (χ2n) is 6.41. The molecule has 1 amide bonds. The zero-order chi connectivity index (χ0) is 22.9. The van der Waals surface area contributed by atoms with Crippen molar-refractivity contribution in [2.45, 2.75) is 0 Å². The number of non-ortho nitro benzene ring substituents is 1. The Hall–Kier alpha value is -4.11. The lowest BCUT2D eigenvalue weighted by Crippen LogP contribution is -2.20. The highest BCUT2D eigenvalue weighted by molar-refractivity contribution is 6.32. The highest BCUT2D eigenvalue weighted by atomic mass is 35.5. The molecule has 3 aromatic carbocycles. The molecule has 0 atom stereocenters. The molecule has 0 saturated heterocycles. The minimum atomic E-state index is -0.476. The Balaban J connectivity index is 1.63. The minimum Gasteiger partial charge on any atom is -0.493 e. The van der Waals surface area contributed by atoms with E-state index in [4.69, 9.17) is 21.1 Å². The average Bonchev–Trinajstić information content (AvgIpc) is 2.79. The second kappa shape index (κ2) is 10.8. The first-order chi connectivity index (χ1) is 15.5. The Morgan fingerprint density at radius 3 is 2.50 bits per heavy atom. The number of nitro benzene ring substituents is 1. The smallest absolute Gasteiger partial charge is 0.269 e. The molecule has 0 aliphatic carbocycles. The van der Waals surface area contributed by atoms with Crippen LogP contribution in [0.1, 0.15) is 5.56 Å². The lowest BCUT2D eigenvalue weighted by atomic mass is 10.2. The molecule has 0 aliphatic rings. The van der Waals surface area contributed by atoms with Gasteiger partial charge in [-0.2, -0.15) is 5.10 Å². The van der Waals surface area contributed by atoms with Crippen LogP contribution in [0, 0.1) is 10.1 Å². The molecule has 0 unspecified atom stereocenters. The predicted octanol–water partition coefficient (Wildman–Crippen LogP) is 4.72. The summed E-state index contributed by atoms with van der Waals surface area (Å²) in [6, 6.07) is 18.1. The number of rotatable bonds is 9. The summed E-state index contributed by atoms with van der Waals surface area (Å²) in [4.78, 5) is 22.3. The maximum absolute atomic E-state index is 12.1. The zero-order valence-electron chi connectivity index (χ0n) is 16.9. The number of hydrogen-bond donors (Lipinski definition) is 2. The molecule has 2 N–H and O–H groups in total. The quantitative estimate of drug-likeness (QED) is 0.274. The van der Waals surface area contributed by atoms with E-state index in [0.717, 1.165) is 0 Å². The SMILES string of the molecule is COc1cc(/C=N/Nc2ccc([N+](=O)[O-])cc2)cc(Cl)c1OCC(=O)Nc1ccccc1. The second-order valence-corrected chi connectivity index (χ2v) is 6.82. The summed E-state index contributed by atoms with van der Waals surface area (Å²) in [6.45, 7) is -0.250. The molecule has 0 saturated carbocycles. The topological polar surface area (TPSA) is 115 Å². The van der Waals surface area contributed by atoms with Crippen molar-refractivity contribution in [3.63, 3.8) is 0 Å². The van der Waals surface area contributed by atoms with Gasteiger partial charge in [0.05, 0.1) is 29.0 Å². The van der Waals surface area contributed by atoms with Crippen molar-refractivity contribution in [3.8, 4) is 11.5 Å². The molecule has 164 valence electrons. The number of para-hydroxylation sites is 1. The summed E-state index contributed by atoms with van der Waals surface area (Å²) in [5.41, 5.74) is 4.61. The molecule has 0 radical (unpaired) electrons. The highest BCUT2D eigenvalue weighted by Gasteiger charge is 2.14. The Morgan fingerprint density at radius 2 is 1.84 bits per heavy atom. The van der Waals surface area contributed by atoms with Gasteiger partial charge in [-0.25, -0.2) is 0 Å². The van der Waals surface area contributed by atoms with Crippen molar-refractivity contribution in [2.24, 2.45) is 5.10 Å². The average molecular weight is 455 g/mol. The van der Waals surface area contributed by atoms with E-state index in [0.29, 0.717) is 22.7 Å². The fraction of sp³-hybridized carbons (Fsp3) is 0.0909. The molecule has 3 rings (SSSR count). The van der Waals surface area contributed by atoms with Crippen molar-refractivity contribution in [2.75, 3.05) is 24.5 Å². The molecule has 0 fully saturated rings. The fourth-order valence-electron chi connectivity index (χ4n) is 2.65. The van der Waals surface area contributed by atoms with E-state index in [9.17, 15) is 14.9 Å². The molecular weight excluding hydrogens is 436 g/mol. The van der Waals surface area contributed by atoms with Crippen LogP contribution in [0.25, 0.3) is 0 Å². The van der Waals surface area contributed by atoms with Gasteiger partial charge in [-0.15, -0.1) is 0 Å². The van der Waals surface area contributed by atoms with E-state index in [-0.39, 0.29) is 29.0 Å². The first-order valence-corrected chi connectivity index (χ1v) is 9.73. The van der Waals surface area contributed by atoms with Gasteiger partial charge in [0.1, 0.15) is 0 Å². The van der Waals surface area contributed by atoms with Crippen LogP contribution in [0.2, 0.25) is 5.02 Å². The van der Waals surface area contributed by atoms with Crippen molar-refractivity contribution in [1.82, 2.24) is 0 Å². The lowest BCUT2D eigenvalue weighted by Gasteiger charge is -2.13. The van der Waals surface area contributed by atoms with Crippen molar-refractivity contribution in [1.29, 1.82) is 0 Å². The van der Waals surface area contributed by atoms with Gasteiger partial charge < -0.3 is 14.8 Å². The van der Waals surface area contributed by atoms with Gasteiger partial charge >= 0.3 is 0 Å². The summed E-state index contributed by atoms with van der Waals surface area (Å²) >= 11 is 6.32. The number of amides is 1. The third-order valence-corrected chi connectivity index (χ3v) is 4.42. The molecule has 32 heavy (non-hydrogen) atoms. The van der Waals surface area contributed by atoms with Crippen LogP contribution in [0.3, 0.4) is 0 Å². The van der Waals surface area contributed by atoms with Gasteiger partial charge in [0.2, 0.25) is 0 Å². The molecule has 0 heterocycles. The number of halogens is 1. The number of benzene rings is 3. The maximum Gasteiger partial charge on any atom is 0.269 e. The Morgan fingerprint density at radius 1 is 1.12 bits per heavy atom. The number of anilines is 2. The largest absolute Gasteiger partial charge is 0.493 e. The third kappa shape index (κ3) is 6.19. The number of nitro groups is 1. The van der Waals surface area contributed by atoms with Crippen LogP contribution in [0.5, 0.6) is 11.5 Å². The minimum absolute atomic E-state index is 0.0101. The molecule has 0 aliphatic heterocycles. The fourth-order valence-corrected chi connectivity index (χ4v) is 2.92. The molecular formula is C22H19ClN4O5. The number of ether oxygens (including phenoxy) is 2. The normalized spacial score (nSPS) is 10.6. The van der Waals surface area contributed by atoms with Crippen molar-refractivity contribution >= 4 is 40.8 Å². The third-order valence-electron chi connectivity index (χ3n) is 4.14. The van der Waals surface area contributed by atoms with Gasteiger partial charge in [-0.3, -0.25) is 20.3 Å². The molecule has 0 bridgehead atoms. The van der Waals surface area contributed by atoms with Gasteiger partial charge in [-0.05, 0) is 42.0 Å². The Bertz CT molecular complexity index is 1120. The number of carbonyl (C=O) groups excluding carboxylic acids is 1. The Kier molecular flexibility index (Phi) is 7.60.